The van der Waals surface area contributed by atoms with E-state index in [-0.39, 0.29) is 0 Å². The van der Waals surface area contributed by atoms with Crippen molar-refractivity contribution in [3.8, 4) is 0 Å². The van der Waals surface area contributed by atoms with E-state index in [0.717, 1.165) is 24.5 Å². The highest BCUT2D eigenvalue weighted by atomic mass is 32.1. The maximum atomic E-state index is 4.21. The summed E-state index contributed by atoms with van der Waals surface area (Å²) < 4.78 is 0. The van der Waals surface area contributed by atoms with Crippen LogP contribution in [0.1, 0.15) is 50.0 Å². The monoisotopic (exact) mass is 227 g/mol. The zero-order valence-electron chi connectivity index (χ0n) is 10.1. The fourth-order valence-electron chi connectivity index (χ4n) is 1.18. The normalized spacial score (nSPS) is 13.4. The molecule has 0 radical (unpaired) electrons. The van der Waals surface area contributed by atoms with Gasteiger partial charge in [0.15, 0.2) is 0 Å². The lowest BCUT2D eigenvalue weighted by Gasteiger charge is -2.04. The fraction of sp³-hybridized carbons (Fsp3) is 0.818. The van der Waals surface area contributed by atoms with E-state index in [1.165, 1.54) is 5.01 Å². The smallest absolute Gasteiger partial charge is 0.131 e. The maximum Gasteiger partial charge on any atom is 0.131 e. The van der Waals surface area contributed by atoms with Gasteiger partial charge in [-0.15, -0.1) is 10.2 Å². The van der Waals surface area contributed by atoms with Crippen molar-refractivity contribution in [3.63, 3.8) is 0 Å². The van der Waals surface area contributed by atoms with Crippen LogP contribution in [0.5, 0.6) is 0 Å². The first-order valence-electron chi connectivity index (χ1n) is 5.66. The molecule has 0 saturated heterocycles. The van der Waals surface area contributed by atoms with E-state index in [0.29, 0.717) is 11.8 Å². The van der Waals surface area contributed by atoms with Gasteiger partial charge < -0.3 is 5.32 Å². The average molecular weight is 227 g/mol. The Kier molecular flexibility index (Phi) is 5.19. The van der Waals surface area contributed by atoms with Gasteiger partial charge in [-0.3, -0.25) is 0 Å². The molecule has 0 aliphatic heterocycles. The van der Waals surface area contributed by atoms with Crippen molar-refractivity contribution >= 4 is 11.3 Å². The van der Waals surface area contributed by atoms with Crippen molar-refractivity contribution in [1.82, 2.24) is 15.5 Å². The van der Waals surface area contributed by atoms with Crippen LogP contribution in [-0.2, 0) is 6.54 Å². The number of aromatic nitrogens is 2. The highest BCUT2D eigenvalue weighted by Crippen LogP contribution is 2.21. The van der Waals surface area contributed by atoms with Gasteiger partial charge in [-0.2, -0.15) is 0 Å². The standard InChI is InChI=1S/C11H21N3S/c1-5-9(4)11-14-13-10(15-11)7-12-6-8(2)3/h8-9,12H,5-7H2,1-4H3. The summed E-state index contributed by atoms with van der Waals surface area (Å²) in [6, 6.07) is 0. The maximum absolute atomic E-state index is 4.21. The van der Waals surface area contributed by atoms with Gasteiger partial charge >= 0.3 is 0 Å². The quantitative estimate of drug-likeness (QED) is 0.812. The molecular formula is C11H21N3S. The van der Waals surface area contributed by atoms with Gasteiger partial charge in [0.05, 0.1) is 0 Å². The Morgan fingerprint density at radius 2 is 2.00 bits per heavy atom. The van der Waals surface area contributed by atoms with Gasteiger partial charge in [-0.05, 0) is 18.9 Å². The Labute approximate surface area is 96.3 Å². The molecule has 1 aromatic rings. The third kappa shape index (κ3) is 4.26. The first-order chi connectivity index (χ1) is 7.13. The number of hydrogen-bond acceptors (Lipinski definition) is 4. The van der Waals surface area contributed by atoms with E-state index in [9.17, 15) is 0 Å². The van der Waals surface area contributed by atoms with E-state index in [2.05, 4.69) is 43.2 Å². The summed E-state index contributed by atoms with van der Waals surface area (Å²) in [5.74, 6) is 1.23. The molecule has 0 amide bonds. The average Bonchev–Trinajstić information content (AvgIpc) is 2.65. The molecule has 15 heavy (non-hydrogen) atoms. The van der Waals surface area contributed by atoms with Crippen LogP contribution in [0, 0.1) is 5.92 Å². The van der Waals surface area contributed by atoms with Gasteiger partial charge in [-0.25, -0.2) is 0 Å². The van der Waals surface area contributed by atoms with E-state index >= 15 is 0 Å². The van der Waals surface area contributed by atoms with E-state index < -0.39 is 0 Å². The van der Waals surface area contributed by atoms with Gasteiger partial charge in [0.25, 0.3) is 0 Å². The molecule has 4 heteroatoms. The molecular weight excluding hydrogens is 206 g/mol. The Morgan fingerprint density at radius 1 is 1.27 bits per heavy atom. The van der Waals surface area contributed by atoms with E-state index in [1.807, 2.05) is 0 Å². The summed E-state index contributed by atoms with van der Waals surface area (Å²) in [5.41, 5.74) is 0. The molecule has 0 aliphatic rings. The fourth-order valence-corrected chi connectivity index (χ4v) is 2.13. The van der Waals surface area contributed by atoms with Gasteiger partial charge in [0, 0.05) is 12.5 Å². The number of nitrogens with zero attached hydrogens (tertiary/aromatic N) is 2. The second-order valence-corrected chi connectivity index (χ2v) is 5.46. The van der Waals surface area contributed by atoms with Crippen LogP contribution in [0.25, 0.3) is 0 Å². The lowest BCUT2D eigenvalue weighted by atomic mass is 10.1. The third-order valence-corrected chi connectivity index (χ3v) is 3.50. The predicted octanol–water partition coefficient (Wildman–Crippen LogP) is 2.80. The lowest BCUT2D eigenvalue weighted by Crippen LogP contribution is -2.18. The van der Waals surface area contributed by atoms with E-state index in [4.69, 9.17) is 0 Å². The van der Waals surface area contributed by atoms with Crippen LogP contribution in [0.3, 0.4) is 0 Å². The van der Waals surface area contributed by atoms with Crippen molar-refractivity contribution in [2.24, 2.45) is 5.92 Å². The van der Waals surface area contributed by atoms with Crippen LogP contribution in [0.4, 0.5) is 0 Å². The van der Waals surface area contributed by atoms with Crippen LogP contribution < -0.4 is 5.32 Å². The topological polar surface area (TPSA) is 37.8 Å². The van der Waals surface area contributed by atoms with Crippen molar-refractivity contribution in [2.75, 3.05) is 6.54 Å². The molecule has 1 rings (SSSR count). The predicted molar refractivity (Wildman–Crippen MR) is 65.2 cm³/mol. The minimum Gasteiger partial charge on any atom is -0.310 e. The second-order valence-electron chi connectivity index (χ2n) is 4.37. The summed E-state index contributed by atoms with van der Waals surface area (Å²) in [5, 5.41) is 14.0. The lowest BCUT2D eigenvalue weighted by molar-refractivity contribution is 0.550. The van der Waals surface area contributed by atoms with Crippen LogP contribution in [0.2, 0.25) is 0 Å². The molecule has 86 valence electrons. The minimum atomic E-state index is 0.543. The highest BCUT2D eigenvalue weighted by molar-refractivity contribution is 7.11. The van der Waals surface area contributed by atoms with Gasteiger partial charge in [0.1, 0.15) is 10.0 Å². The molecule has 1 unspecified atom stereocenters. The van der Waals surface area contributed by atoms with Crippen LogP contribution >= 0.6 is 11.3 Å². The molecule has 0 saturated carbocycles. The van der Waals surface area contributed by atoms with Gasteiger partial charge in [0.2, 0.25) is 0 Å². The molecule has 1 N–H and O–H groups in total. The largest absolute Gasteiger partial charge is 0.310 e. The summed E-state index contributed by atoms with van der Waals surface area (Å²) in [6.07, 6.45) is 1.13. The number of hydrogen-bond donors (Lipinski definition) is 1. The van der Waals surface area contributed by atoms with Crippen LogP contribution in [0.15, 0.2) is 0 Å². The molecule has 1 atom stereocenters. The molecule has 0 aromatic carbocycles. The third-order valence-electron chi connectivity index (χ3n) is 2.35. The molecule has 0 spiro atoms. The summed E-state index contributed by atoms with van der Waals surface area (Å²) in [7, 11) is 0. The SMILES string of the molecule is CCC(C)c1nnc(CNCC(C)C)s1. The van der Waals surface area contributed by atoms with E-state index in [1.54, 1.807) is 11.3 Å². The van der Waals surface area contributed by atoms with Crippen molar-refractivity contribution in [3.05, 3.63) is 10.0 Å². The summed E-state index contributed by atoms with van der Waals surface area (Å²) >= 11 is 1.73. The van der Waals surface area contributed by atoms with Crippen molar-refractivity contribution in [2.45, 2.75) is 46.6 Å². The highest BCUT2D eigenvalue weighted by Gasteiger charge is 2.09. The molecule has 1 heterocycles. The summed E-state index contributed by atoms with van der Waals surface area (Å²) in [4.78, 5) is 0. The number of nitrogens with one attached hydrogen (secondary N) is 1. The zero-order valence-corrected chi connectivity index (χ0v) is 10.9. The summed E-state index contributed by atoms with van der Waals surface area (Å²) in [6.45, 7) is 10.7. The van der Waals surface area contributed by atoms with Crippen molar-refractivity contribution in [1.29, 1.82) is 0 Å². The minimum absolute atomic E-state index is 0.543. The molecule has 1 aromatic heterocycles. The Hall–Kier alpha value is -0.480. The Balaban J connectivity index is 2.39. The Morgan fingerprint density at radius 3 is 2.60 bits per heavy atom. The molecule has 3 nitrogen and oxygen atoms in total. The first-order valence-corrected chi connectivity index (χ1v) is 6.48. The molecule has 0 aliphatic carbocycles. The Bertz CT molecular complexity index is 283. The van der Waals surface area contributed by atoms with Crippen molar-refractivity contribution < 1.29 is 0 Å². The van der Waals surface area contributed by atoms with Crippen LogP contribution in [-0.4, -0.2) is 16.7 Å². The first kappa shape index (κ1) is 12.6. The zero-order chi connectivity index (χ0) is 11.3. The number of rotatable bonds is 6. The molecule has 0 fully saturated rings. The molecule has 0 bridgehead atoms. The second kappa shape index (κ2) is 6.18. The van der Waals surface area contributed by atoms with Gasteiger partial charge in [-0.1, -0.05) is 39.0 Å².